The van der Waals surface area contributed by atoms with Crippen molar-refractivity contribution in [3.63, 3.8) is 0 Å². The Bertz CT molecular complexity index is 828. The van der Waals surface area contributed by atoms with E-state index in [2.05, 4.69) is 5.32 Å². The van der Waals surface area contributed by atoms with Gasteiger partial charge >= 0.3 is 12.1 Å². The number of esters is 1. The second kappa shape index (κ2) is 8.98. The molecule has 0 heterocycles. The average molecular weight is 386 g/mol. The second-order valence-electron chi connectivity index (χ2n) is 7.06. The maximum absolute atomic E-state index is 12.5. The number of hydrogen-bond acceptors (Lipinski definition) is 6. The van der Waals surface area contributed by atoms with Crippen LogP contribution in [0.2, 0.25) is 0 Å². The molecule has 1 atom stereocenters. The normalized spacial score (nSPS) is 12.0. The molecule has 0 radical (unpaired) electrons. The number of nitro benzene ring substituents is 1. The fourth-order valence-electron chi connectivity index (χ4n) is 2.33. The first-order valence-electron chi connectivity index (χ1n) is 8.63. The summed E-state index contributed by atoms with van der Waals surface area (Å²) in [6.07, 6.45) is -0.633. The van der Waals surface area contributed by atoms with Gasteiger partial charge in [0.2, 0.25) is 0 Å². The van der Waals surface area contributed by atoms with Crippen LogP contribution in [0.5, 0.6) is 5.75 Å². The van der Waals surface area contributed by atoms with Crippen molar-refractivity contribution >= 4 is 17.7 Å². The molecule has 0 fully saturated rings. The molecule has 0 spiro atoms. The molecule has 0 aromatic heterocycles. The van der Waals surface area contributed by atoms with E-state index in [-0.39, 0.29) is 17.9 Å². The molecule has 1 unspecified atom stereocenters. The van der Waals surface area contributed by atoms with Gasteiger partial charge in [0.25, 0.3) is 5.69 Å². The molecule has 1 N–H and O–H groups in total. The molecule has 0 aliphatic carbocycles. The third kappa shape index (κ3) is 6.71. The predicted octanol–water partition coefficient (Wildman–Crippen LogP) is 3.64. The Morgan fingerprint density at radius 1 is 1.07 bits per heavy atom. The van der Waals surface area contributed by atoms with E-state index in [1.807, 2.05) is 30.3 Å². The third-order valence-corrected chi connectivity index (χ3v) is 3.52. The third-order valence-electron chi connectivity index (χ3n) is 3.52. The number of carbonyl (C=O) groups is 2. The summed E-state index contributed by atoms with van der Waals surface area (Å²) in [4.78, 5) is 34.9. The highest BCUT2D eigenvalue weighted by molar-refractivity contribution is 5.82. The zero-order valence-corrected chi connectivity index (χ0v) is 15.9. The lowest BCUT2D eigenvalue weighted by molar-refractivity contribution is -0.384. The van der Waals surface area contributed by atoms with E-state index in [1.165, 1.54) is 24.3 Å². The molecule has 0 saturated heterocycles. The van der Waals surface area contributed by atoms with Crippen molar-refractivity contribution in [2.24, 2.45) is 0 Å². The minimum atomic E-state index is -0.952. The monoisotopic (exact) mass is 386 g/mol. The summed E-state index contributed by atoms with van der Waals surface area (Å²) in [5.74, 6) is -0.470. The van der Waals surface area contributed by atoms with Gasteiger partial charge in [-0.15, -0.1) is 0 Å². The fourth-order valence-corrected chi connectivity index (χ4v) is 2.33. The van der Waals surface area contributed by atoms with Gasteiger partial charge in [-0.3, -0.25) is 10.1 Å². The molecule has 1 amide bonds. The minimum Gasteiger partial charge on any atom is -0.458 e. The number of nitrogens with one attached hydrogen (secondary N) is 1. The van der Waals surface area contributed by atoms with Crippen LogP contribution in [0.15, 0.2) is 54.6 Å². The van der Waals surface area contributed by atoms with Gasteiger partial charge in [0.1, 0.15) is 17.4 Å². The largest absolute Gasteiger partial charge is 0.458 e. The molecule has 0 aliphatic rings. The second-order valence-corrected chi connectivity index (χ2v) is 7.06. The van der Waals surface area contributed by atoms with Gasteiger partial charge in [0.15, 0.2) is 0 Å². The Kier molecular flexibility index (Phi) is 6.70. The van der Waals surface area contributed by atoms with Crippen LogP contribution in [-0.4, -0.2) is 28.6 Å². The highest BCUT2D eigenvalue weighted by Crippen LogP contribution is 2.18. The highest BCUT2D eigenvalue weighted by atomic mass is 16.6. The quantitative estimate of drug-likeness (QED) is 0.461. The molecule has 2 aromatic carbocycles. The van der Waals surface area contributed by atoms with E-state index in [0.717, 1.165) is 5.56 Å². The number of nitrogens with zero attached hydrogens (tertiary/aromatic N) is 1. The first-order valence-corrected chi connectivity index (χ1v) is 8.63. The average Bonchev–Trinajstić information content (AvgIpc) is 2.61. The summed E-state index contributed by atoms with van der Waals surface area (Å²) in [7, 11) is 0. The number of non-ortho nitro benzene ring substituents is 1. The molecular weight excluding hydrogens is 364 g/mol. The van der Waals surface area contributed by atoms with Gasteiger partial charge < -0.3 is 14.8 Å². The lowest BCUT2D eigenvalue weighted by Crippen LogP contribution is -2.46. The molecule has 0 aliphatic heterocycles. The summed E-state index contributed by atoms with van der Waals surface area (Å²) >= 11 is 0. The maximum atomic E-state index is 12.5. The Balaban J connectivity index is 2.08. The Hall–Kier alpha value is -3.42. The van der Waals surface area contributed by atoms with Gasteiger partial charge in [-0.1, -0.05) is 30.3 Å². The van der Waals surface area contributed by atoms with Gasteiger partial charge in [0, 0.05) is 18.6 Å². The number of hydrogen-bond donors (Lipinski definition) is 1. The van der Waals surface area contributed by atoms with E-state index in [4.69, 9.17) is 9.47 Å². The van der Waals surface area contributed by atoms with Crippen LogP contribution in [0.25, 0.3) is 0 Å². The Morgan fingerprint density at radius 2 is 1.68 bits per heavy atom. The molecule has 0 bridgehead atoms. The van der Waals surface area contributed by atoms with Crippen molar-refractivity contribution < 1.29 is 24.0 Å². The summed E-state index contributed by atoms with van der Waals surface area (Å²) in [5, 5.41) is 13.2. The standard InChI is InChI=1S/C20H22N2O6/c1-20(2,3)28-18(23)17(13-14-7-5-4-6-8-14)21-19(24)27-16-11-9-15(10-12-16)22(25)26/h4-12,17H,13H2,1-3H3,(H,21,24). The zero-order valence-electron chi connectivity index (χ0n) is 15.9. The number of ether oxygens (including phenoxy) is 2. The highest BCUT2D eigenvalue weighted by Gasteiger charge is 2.27. The molecule has 8 heteroatoms. The summed E-state index contributed by atoms with van der Waals surface area (Å²) < 4.78 is 10.5. The SMILES string of the molecule is CC(C)(C)OC(=O)C(Cc1ccccc1)NC(=O)Oc1ccc([N+](=O)[O-])cc1. The predicted molar refractivity (Wildman–Crippen MR) is 102 cm³/mol. The van der Waals surface area contributed by atoms with E-state index in [9.17, 15) is 19.7 Å². The van der Waals surface area contributed by atoms with Crippen LogP contribution in [-0.2, 0) is 16.0 Å². The van der Waals surface area contributed by atoms with Crippen LogP contribution in [0.3, 0.4) is 0 Å². The first-order chi connectivity index (χ1) is 13.1. The fraction of sp³-hybridized carbons (Fsp3) is 0.300. The summed E-state index contributed by atoms with van der Waals surface area (Å²) in [5.41, 5.74) is 0.00754. The number of benzene rings is 2. The molecule has 8 nitrogen and oxygen atoms in total. The van der Waals surface area contributed by atoms with E-state index in [1.54, 1.807) is 20.8 Å². The Morgan fingerprint density at radius 3 is 2.21 bits per heavy atom. The van der Waals surface area contributed by atoms with Crippen LogP contribution >= 0.6 is 0 Å². The van der Waals surface area contributed by atoms with Crippen LogP contribution < -0.4 is 10.1 Å². The van der Waals surface area contributed by atoms with Crippen molar-refractivity contribution in [2.45, 2.75) is 38.8 Å². The van der Waals surface area contributed by atoms with Crippen LogP contribution in [0.1, 0.15) is 26.3 Å². The minimum absolute atomic E-state index is 0.116. The van der Waals surface area contributed by atoms with Crippen LogP contribution in [0.4, 0.5) is 10.5 Å². The molecule has 148 valence electrons. The summed E-state index contributed by atoms with van der Waals surface area (Å²) in [6, 6.07) is 13.3. The number of amides is 1. The van der Waals surface area contributed by atoms with Gasteiger partial charge in [-0.2, -0.15) is 0 Å². The van der Waals surface area contributed by atoms with E-state index in [0.29, 0.717) is 0 Å². The molecule has 2 aromatic rings. The lowest BCUT2D eigenvalue weighted by atomic mass is 10.1. The van der Waals surface area contributed by atoms with E-state index < -0.39 is 28.6 Å². The molecule has 2 rings (SSSR count). The number of carbonyl (C=O) groups excluding carboxylic acids is 2. The lowest BCUT2D eigenvalue weighted by Gasteiger charge is -2.24. The van der Waals surface area contributed by atoms with Gasteiger partial charge in [-0.25, -0.2) is 9.59 Å². The Labute approximate surface area is 162 Å². The zero-order chi connectivity index (χ0) is 20.7. The molecule has 28 heavy (non-hydrogen) atoms. The van der Waals surface area contributed by atoms with Crippen molar-refractivity contribution in [2.75, 3.05) is 0 Å². The van der Waals surface area contributed by atoms with Gasteiger partial charge in [0.05, 0.1) is 4.92 Å². The van der Waals surface area contributed by atoms with E-state index >= 15 is 0 Å². The van der Waals surface area contributed by atoms with Crippen molar-refractivity contribution in [3.8, 4) is 5.75 Å². The molecule has 0 saturated carbocycles. The number of rotatable bonds is 6. The van der Waals surface area contributed by atoms with Gasteiger partial charge in [-0.05, 0) is 38.5 Å². The number of nitro groups is 1. The first kappa shape index (κ1) is 20.9. The maximum Gasteiger partial charge on any atom is 0.413 e. The topological polar surface area (TPSA) is 108 Å². The van der Waals surface area contributed by atoms with Crippen molar-refractivity contribution in [1.82, 2.24) is 5.32 Å². The molecular formula is C20H22N2O6. The van der Waals surface area contributed by atoms with Crippen molar-refractivity contribution in [1.29, 1.82) is 0 Å². The van der Waals surface area contributed by atoms with Crippen molar-refractivity contribution in [3.05, 3.63) is 70.3 Å². The smallest absolute Gasteiger partial charge is 0.413 e. The summed E-state index contributed by atoms with van der Waals surface area (Å²) in [6.45, 7) is 5.21. The van der Waals surface area contributed by atoms with Crippen LogP contribution in [0, 0.1) is 10.1 Å².